The molecule has 1 rings (SSSR count). The van der Waals surface area contributed by atoms with Gasteiger partial charge in [0.05, 0.1) is 0 Å². The lowest BCUT2D eigenvalue weighted by Gasteiger charge is -2.39. The fraction of sp³-hybridized carbons (Fsp3) is 1.00. The Labute approximate surface area is 76.1 Å². The van der Waals surface area contributed by atoms with Gasteiger partial charge in [-0.3, -0.25) is 0 Å². The van der Waals surface area contributed by atoms with Gasteiger partial charge in [-0.1, -0.05) is 13.8 Å². The van der Waals surface area contributed by atoms with Gasteiger partial charge >= 0.3 is 0 Å². The first kappa shape index (κ1) is 10.0. The van der Waals surface area contributed by atoms with Gasteiger partial charge in [0.2, 0.25) is 0 Å². The van der Waals surface area contributed by atoms with Crippen LogP contribution in [0.4, 0.5) is 0 Å². The molecule has 0 amide bonds. The Hall–Kier alpha value is -0.0800. The maximum Gasteiger partial charge on any atom is 0.000685 e. The van der Waals surface area contributed by atoms with E-state index in [1.807, 2.05) is 0 Å². The summed E-state index contributed by atoms with van der Waals surface area (Å²) in [5, 5.41) is 0. The van der Waals surface area contributed by atoms with E-state index >= 15 is 0 Å². The van der Waals surface area contributed by atoms with Gasteiger partial charge in [0.1, 0.15) is 0 Å². The summed E-state index contributed by atoms with van der Waals surface area (Å²) in [4.78, 5) is 2.43. The molecule has 1 aliphatic heterocycles. The molecule has 0 aromatic carbocycles. The van der Waals surface area contributed by atoms with Gasteiger partial charge in [0.25, 0.3) is 0 Å². The second-order valence-electron chi connectivity index (χ2n) is 4.42. The SMILES string of the molecule is CC1CN(C)CC(C)C1CCN. The Balaban J connectivity index is 2.48. The molecule has 1 heterocycles. The molecule has 0 spiro atoms. The van der Waals surface area contributed by atoms with Crippen molar-refractivity contribution in [1.82, 2.24) is 4.90 Å². The largest absolute Gasteiger partial charge is 0.330 e. The predicted molar refractivity (Wildman–Crippen MR) is 53.0 cm³/mol. The van der Waals surface area contributed by atoms with E-state index in [9.17, 15) is 0 Å². The molecular weight excluding hydrogens is 148 g/mol. The molecule has 1 aliphatic rings. The minimum atomic E-state index is 0.822. The number of rotatable bonds is 2. The van der Waals surface area contributed by atoms with E-state index in [1.54, 1.807) is 0 Å². The quantitative estimate of drug-likeness (QED) is 0.674. The molecule has 2 nitrogen and oxygen atoms in total. The first-order chi connectivity index (χ1) is 5.65. The van der Waals surface area contributed by atoms with Crippen molar-refractivity contribution >= 4 is 0 Å². The summed E-state index contributed by atoms with van der Waals surface area (Å²) in [5.41, 5.74) is 5.60. The Morgan fingerprint density at radius 1 is 1.25 bits per heavy atom. The Morgan fingerprint density at radius 2 is 1.75 bits per heavy atom. The normalized spacial score (nSPS) is 38.5. The molecule has 2 N–H and O–H groups in total. The summed E-state index contributed by atoms with van der Waals surface area (Å²) < 4.78 is 0. The van der Waals surface area contributed by atoms with E-state index in [4.69, 9.17) is 5.73 Å². The van der Waals surface area contributed by atoms with Crippen LogP contribution in [0.15, 0.2) is 0 Å². The van der Waals surface area contributed by atoms with Crippen molar-refractivity contribution in [3.05, 3.63) is 0 Å². The van der Waals surface area contributed by atoms with E-state index in [1.165, 1.54) is 19.5 Å². The van der Waals surface area contributed by atoms with Gasteiger partial charge < -0.3 is 10.6 Å². The van der Waals surface area contributed by atoms with Crippen LogP contribution in [0.3, 0.4) is 0 Å². The summed E-state index contributed by atoms with van der Waals surface area (Å²) in [7, 11) is 2.21. The van der Waals surface area contributed by atoms with Crippen LogP contribution >= 0.6 is 0 Å². The fourth-order valence-corrected chi connectivity index (χ4v) is 2.65. The van der Waals surface area contributed by atoms with Crippen molar-refractivity contribution in [1.29, 1.82) is 0 Å². The lowest BCUT2D eigenvalue weighted by Crippen LogP contribution is -2.42. The fourth-order valence-electron chi connectivity index (χ4n) is 2.65. The van der Waals surface area contributed by atoms with Gasteiger partial charge in [-0.15, -0.1) is 0 Å². The van der Waals surface area contributed by atoms with Crippen LogP contribution in [-0.2, 0) is 0 Å². The van der Waals surface area contributed by atoms with Crippen molar-refractivity contribution < 1.29 is 0 Å². The van der Waals surface area contributed by atoms with Crippen molar-refractivity contribution in [3.63, 3.8) is 0 Å². The van der Waals surface area contributed by atoms with Crippen molar-refractivity contribution in [2.45, 2.75) is 20.3 Å². The maximum absolute atomic E-state index is 5.60. The van der Waals surface area contributed by atoms with E-state index in [2.05, 4.69) is 25.8 Å². The van der Waals surface area contributed by atoms with Gasteiger partial charge in [-0.25, -0.2) is 0 Å². The standard InChI is InChI=1S/C10H22N2/c1-8-6-12(3)7-9(2)10(8)4-5-11/h8-10H,4-7,11H2,1-3H3. The van der Waals surface area contributed by atoms with Crippen LogP contribution in [0.25, 0.3) is 0 Å². The van der Waals surface area contributed by atoms with Crippen LogP contribution in [0.2, 0.25) is 0 Å². The second kappa shape index (κ2) is 4.24. The second-order valence-corrected chi connectivity index (χ2v) is 4.42. The molecule has 72 valence electrons. The number of nitrogens with zero attached hydrogens (tertiary/aromatic N) is 1. The van der Waals surface area contributed by atoms with Crippen LogP contribution < -0.4 is 5.73 Å². The predicted octanol–water partition coefficient (Wildman–Crippen LogP) is 1.17. The zero-order valence-corrected chi connectivity index (χ0v) is 8.59. The highest BCUT2D eigenvalue weighted by Crippen LogP contribution is 2.29. The van der Waals surface area contributed by atoms with E-state index in [-0.39, 0.29) is 0 Å². The van der Waals surface area contributed by atoms with Crippen molar-refractivity contribution in [2.75, 3.05) is 26.7 Å². The average Bonchev–Trinajstić information content (AvgIpc) is 1.96. The Morgan fingerprint density at radius 3 is 2.17 bits per heavy atom. The molecule has 0 aromatic heterocycles. The first-order valence-corrected chi connectivity index (χ1v) is 5.03. The number of likely N-dealkylation sites (tertiary alicyclic amines) is 1. The van der Waals surface area contributed by atoms with Gasteiger partial charge in [-0.05, 0) is 37.8 Å². The van der Waals surface area contributed by atoms with Gasteiger partial charge in [-0.2, -0.15) is 0 Å². The van der Waals surface area contributed by atoms with Crippen LogP contribution in [0, 0.1) is 17.8 Å². The highest BCUT2D eigenvalue weighted by molar-refractivity contribution is 4.81. The molecule has 0 aliphatic carbocycles. The molecule has 2 heteroatoms. The van der Waals surface area contributed by atoms with Gasteiger partial charge in [0, 0.05) is 13.1 Å². The molecule has 0 radical (unpaired) electrons. The molecule has 12 heavy (non-hydrogen) atoms. The summed E-state index contributed by atoms with van der Waals surface area (Å²) in [6, 6.07) is 0. The monoisotopic (exact) mass is 170 g/mol. The molecule has 0 bridgehead atoms. The zero-order chi connectivity index (χ0) is 9.14. The van der Waals surface area contributed by atoms with E-state index in [0.29, 0.717) is 0 Å². The first-order valence-electron chi connectivity index (χ1n) is 5.03. The van der Waals surface area contributed by atoms with Crippen LogP contribution in [0.5, 0.6) is 0 Å². The molecule has 0 saturated carbocycles. The smallest absolute Gasteiger partial charge is 0.000685 e. The highest BCUT2D eigenvalue weighted by atomic mass is 15.1. The molecule has 1 fully saturated rings. The third-order valence-electron chi connectivity index (χ3n) is 3.16. The topological polar surface area (TPSA) is 29.3 Å². The van der Waals surface area contributed by atoms with E-state index in [0.717, 1.165) is 24.3 Å². The lowest BCUT2D eigenvalue weighted by atomic mass is 9.78. The Kier molecular flexibility index (Phi) is 3.53. The summed E-state index contributed by atoms with van der Waals surface area (Å²) in [5.74, 6) is 2.50. The van der Waals surface area contributed by atoms with Crippen molar-refractivity contribution in [3.8, 4) is 0 Å². The summed E-state index contributed by atoms with van der Waals surface area (Å²) >= 11 is 0. The molecule has 0 aromatic rings. The number of nitrogens with two attached hydrogens (primary N) is 1. The van der Waals surface area contributed by atoms with Crippen LogP contribution in [0.1, 0.15) is 20.3 Å². The van der Waals surface area contributed by atoms with Crippen molar-refractivity contribution in [2.24, 2.45) is 23.5 Å². The summed E-state index contributed by atoms with van der Waals surface area (Å²) in [6.45, 7) is 8.05. The molecule has 2 atom stereocenters. The lowest BCUT2D eigenvalue weighted by molar-refractivity contribution is 0.0938. The van der Waals surface area contributed by atoms with E-state index < -0.39 is 0 Å². The van der Waals surface area contributed by atoms with Gasteiger partial charge in [0.15, 0.2) is 0 Å². The molecule has 1 saturated heterocycles. The maximum atomic E-state index is 5.60. The highest BCUT2D eigenvalue weighted by Gasteiger charge is 2.29. The average molecular weight is 170 g/mol. The van der Waals surface area contributed by atoms with Crippen LogP contribution in [-0.4, -0.2) is 31.6 Å². The minimum Gasteiger partial charge on any atom is -0.330 e. The molecular formula is C10H22N2. The number of piperidine rings is 1. The Bertz CT molecular complexity index is 124. The zero-order valence-electron chi connectivity index (χ0n) is 8.59. The third kappa shape index (κ3) is 2.20. The third-order valence-corrected chi connectivity index (χ3v) is 3.16. The number of hydrogen-bond donors (Lipinski definition) is 1. The minimum absolute atomic E-state index is 0.822. The summed E-state index contributed by atoms with van der Waals surface area (Å²) in [6.07, 6.45) is 1.20. The molecule has 2 unspecified atom stereocenters. The number of hydrogen-bond acceptors (Lipinski definition) is 2.